The fourth-order valence-corrected chi connectivity index (χ4v) is 2.92. The Kier molecular flexibility index (Phi) is 4.77. The number of thioether (sulfide) groups is 1. The summed E-state index contributed by atoms with van der Waals surface area (Å²) in [6, 6.07) is 0.357. The molecule has 0 radical (unpaired) electrons. The standard InChI is InChI=1S/C10H19NS/c1-2-3-10(11)8-9-4-6-12-7-5-9/h2,9-10H,1,3-8,11H2. The maximum Gasteiger partial charge on any atom is 0.00759 e. The van der Waals surface area contributed by atoms with Crippen LogP contribution < -0.4 is 5.73 Å². The molecular formula is C10H19NS. The molecule has 1 saturated heterocycles. The number of hydrogen-bond donors (Lipinski definition) is 1. The Hall–Kier alpha value is 0.0500. The van der Waals surface area contributed by atoms with Gasteiger partial charge in [0.05, 0.1) is 0 Å². The van der Waals surface area contributed by atoms with Crippen LogP contribution in [0.4, 0.5) is 0 Å². The average Bonchev–Trinajstić information content (AvgIpc) is 2.06. The Bertz CT molecular complexity index is 130. The van der Waals surface area contributed by atoms with E-state index < -0.39 is 0 Å². The van der Waals surface area contributed by atoms with Gasteiger partial charge in [-0.1, -0.05) is 6.08 Å². The van der Waals surface area contributed by atoms with Gasteiger partial charge in [-0.25, -0.2) is 0 Å². The van der Waals surface area contributed by atoms with Crippen LogP contribution in [-0.4, -0.2) is 17.5 Å². The molecule has 0 bridgehead atoms. The minimum Gasteiger partial charge on any atom is -0.327 e. The van der Waals surface area contributed by atoms with Crippen LogP contribution in [0.2, 0.25) is 0 Å². The van der Waals surface area contributed by atoms with Crippen molar-refractivity contribution in [2.45, 2.75) is 31.7 Å². The summed E-state index contributed by atoms with van der Waals surface area (Å²) < 4.78 is 0. The lowest BCUT2D eigenvalue weighted by Gasteiger charge is -2.23. The van der Waals surface area contributed by atoms with Gasteiger partial charge in [0.15, 0.2) is 0 Å². The van der Waals surface area contributed by atoms with Crippen molar-refractivity contribution in [1.29, 1.82) is 0 Å². The van der Waals surface area contributed by atoms with E-state index in [1.807, 2.05) is 6.08 Å². The van der Waals surface area contributed by atoms with Crippen molar-refractivity contribution in [2.24, 2.45) is 11.7 Å². The van der Waals surface area contributed by atoms with Crippen molar-refractivity contribution in [2.75, 3.05) is 11.5 Å². The van der Waals surface area contributed by atoms with Crippen molar-refractivity contribution in [1.82, 2.24) is 0 Å². The van der Waals surface area contributed by atoms with Gasteiger partial charge in [0.2, 0.25) is 0 Å². The summed E-state index contributed by atoms with van der Waals surface area (Å²) in [5.74, 6) is 3.57. The summed E-state index contributed by atoms with van der Waals surface area (Å²) in [6.07, 6.45) is 6.85. The minimum atomic E-state index is 0.357. The quantitative estimate of drug-likeness (QED) is 0.681. The second kappa shape index (κ2) is 5.65. The van der Waals surface area contributed by atoms with Gasteiger partial charge in [0, 0.05) is 6.04 Å². The molecule has 1 rings (SSSR count). The molecule has 0 aromatic carbocycles. The van der Waals surface area contributed by atoms with Crippen LogP contribution in [0.15, 0.2) is 12.7 Å². The third-order valence-corrected chi connectivity index (χ3v) is 3.50. The van der Waals surface area contributed by atoms with Gasteiger partial charge < -0.3 is 5.73 Å². The van der Waals surface area contributed by atoms with Crippen molar-refractivity contribution in [3.8, 4) is 0 Å². The molecule has 0 saturated carbocycles. The highest BCUT2D eigenvalue weighted by atomic mass is 32.2. The van der Waals surface area contributed by atoms with Crippen molar-refractivity contribution >= 4 is 11.8 Å². The van der Waals surface area contributed by atoms with Gasteiger partial charge in [-0.2, -0.15) is 11.8 Å². The second-order valence-electron chi connectivity index (χ2n) is 3.58. The number of nitrogens with two attached hydrogens (primary N) is 1. The molecule has 0 aromatic rings. The molecule has 0 aromatic heterocycles. The van der Waals surface area contributed by atoms with Crippen LogP contribution >= 0.6 is 11.8 Å². The van der Waals surface area contributed by atoms with E-state index >= 15 is 0 Å². The Morgan fingerprint density at radius 3 is 2.75 bits per heavy atom. The smallest absolute Gasteiger partial charge is 0.00759 e. The van der Waals surface area contributed by atoms with Crippen LogP contribution in [0.5, 0.6) is 0 Å². The Balaban J connectivity index is 2.15. The van der Waals surface area contributed by atoms with Crippen LogP contribution in [0.3, 0.4) is 0 Å². The molecule has 2 heteroatoms. The zero-order valence-corrected chi connectivity index (χ0v) is 8.48. The zero-order valence-electron chi connectivity index (χ0n) is 7.67. The van der Waals surface area contributed by atoms with E-state index in [4.69, 9.17) is 5.73 Å². The van der Waals surface area contributed by atoms with E-state index in [9.17, 15) is 0 Å². The molecular weight excluding hydrogens is 166 g/mol. The normalized spacial score (nSPS) is 22.1. The highest BCUT2D eigenvalue weighted by Crippen LogP contribution is 2.26. The Morgan fingerprint density at radius 1 is 1.50 bits per heavy atom. The first kappa shape index (κ1) is 10.1. The van der Waals surface area contributed by atoms with Crippen LogP contribution in [-0.2, 0) is 0 Å². The summed E-state index contributed by atoms with van der Waals surface area (Å²) in [7, 11) is 0. The molecule has 0 spiro atoms. The van der Waals surface area contributed by atoms with Gasteiger partial charge in [-0.15, -0.1) is 6.58 Å². The molecule has 1 heterocycles. The van der Waals surface area contributed by atoms with E-state index in [0.29, 0.717) is 6.04 Å². The predicted octanol–water partition coefficient (Wildman–Crippen LogP) is 2.42. The van der Waals surface area contributed by atoms with E-state index in [1.54, 1.807) is 0 Å². The fourth-order valence-electron chi connectivity index (χ4n) is 1.72. The first-order chi connectivity index (χ1) is 5.83. The molecule has 12 heavy (non-hydrogen) atoms. The molecule has 2 N–H and O–H groups in total. The Labute approximate surface area is 79.8 Å². The minimum absolute atomic E-state index is 0.357. The SMILES string of the molecule is C=CCC(N)CC1CCSCC1. The second-order valence-corrected chi connectivity index (χ2v) is 4.80. The van der Waals surface area contributed by atoms with Gasteiger partial charge in [-0.3, -0.25) is 0 Å². The third-order valence-electron chi connectivity index (χ3n) is 2.45. The highest BCUT2D eigenvalue weighted by molar-refractivity contribution is 7.99. The molecule has 0 amide bonds. The lowest BCUT2D eigenvalue weighted by molar-refractivity contribution is 0.408. The first-order valence-electron chi connectivity index (χ1n) is 4.77. The third kappa shape index (κ3) is 3.63. The van der Waals surface area contributed by atoms with Crippen molar-refractivity contribution in [3.05, 3.63) is 12.7 Å². The van der Waals surface area contributed by atoms with Crippen LogP contribution in [0.1, 0.15) is 25.7 Å². The number of hydrogen-bond acceptors (Lipinski definition) is 2. The largest absolute Gasteiger partial charge is 0.327 e. The molecule has 1 aliphatic heterocycles. The number of rotatable bonds is 4. The van der Waals surface area contributed by atoms with Gasteiger partial charge in [-0.05, 0) is 43.1 Å². The molecule has 70 valence electrons. The summed E-state index contributed by atoms with van der Waals surface area (Å²) >= 11 is 2.08. The Morgan fingerprint density at radius 2 is 2.17 bits per heavy atom. The van der Waals surface area contributed by atoms with Crippen molar-refractivity contribution < 1.29 is 0 Å². The first-order valence-corrected chi connectivity index (χ1v) is 5.92. The molecule has 1 aliphatic rings. The summed E-state index contributed by atoms with van der Waals surface area (Å²) in [5.41, 5.74) is 5.94. The highest BCUT2D eigenvalue weighted by Gasteiger charge is 2.15. The molecule has 1 nitrogen and oxygen atoms in total. The van der Waals surface area contributed by atoms with Crippen LogP contribution in [0.25, 0.3) is 0 Å². The average molecular weight is 185 g/mol. The molecule has 1 fully saturated rings. The molecule has 0 aliphatic carbocycles. The lowest BCUT2D eigenvalue weighted by Crippen LogP contribution is -2.24. The van der Waals surface area contributed by atoms with E-state index in [0.717, 1.165) is 12.3 Å². The summed E-state index contributed by atoms with van der Waals surface area (Å²) in [5, 5.41) is 0. The predicted molar refractivity (Wildman–Crippen MR) is 57.5 cm³/mol. The summed E-state index contributed by atoms with van der Waals surface area (Å²) in [4.78, 5) is 0. The topological polar surface area (TPSA) is 26.0 Å². The molecule has 1 atom stereocenters. The van der Waals surface area contributed by atoms with Gasteiger partial charge >= 0.3 is 0 Å². The molecule has 1 unspecified atom stereocenters. The maximum atomic E-state index is 5.94. The van der Waals surface area contributed by atoms with Gasteiger partial charge in [0.1, 0.15) is 0 Å². The monoisotopic (exact) mass is 185 g/mol. The summed E-state index contributed by atoms with van der Waals surface area (Å²) in [6.45, 7) is 3.71. The fraction of sp³-hybridized carbons (Fsp3) is 0.800. The lowest BCUT2D eigenvalue weighted by atomic mass is 9.93. The van der Waals surface area contributed by atoms with E-state index in [-0.39, 0.29) is 0 Å². The van der Waals surface area contributed by atoms with E-state index in [2.05, 4.69) is 18.3 Å². The van der Waals surface area contributed by atoms with Crippen molar-refractivity contribution in [3.63, 3.8) is 0 Å². The van der Waals surface area contributed by atoms with Crippen LogP contribution in [0, 0.1) is 5.92 Å². The van der Waals surface area contributed by atoms with E-state index in [1.165, 1.54) is 30.8 Å². The maximum absolute atomic E-state index is 5.94. The zero-order chi connectivity index (χ0) is 8.81. The van der Waals surface area contributed by atoms with Gasteiger partial charge in [0.25, 0.3) is 0 Å².